The van der Waals surface area contributed by atoms with Gasteiger partial charge in [0, 0.05) is 44.8 Å². The molecule has 2 saturated heterocycles. The van der Waals surface area contributed by atoms with Gasteiger partial charge in [0.1, 0.15) is 11.9 Å². The van der Waals surface area contributed by atoms with Crippen molar-refractivity contribution in [2.45, 2.75) is 13.0 Å². The van der Waals surface area contributed by atoms with Crippen molar-refractivity contribution in [2.24, 2.45) is 0 Å². The molecule has 26 heavy (non-hydrogen) atoms. The van der Waals surface area contributed by atoms with Gasteiger partial charge in [-0.25, -0.2) is 0 Å². The molecule has 1 aromatic carbocycles. The van der Waals surface area contributed by atoms with E-state index in [0.717, 1.165) is 12.1 Å². The van der Waals surface area contributed by atoms with Gasteiger partial charge in [-0.15, -0.1) is 12.4 Å². The van der Waals surface area contributed by atoms with Gasteiger partial charge in [0.05, 0.1) is 13.7 Å². The fourth-order valence-corrected chi connectivity index (χ4v) is 3.19. The summed E-state index contributed by atoms with van der Waals surface area (Å²) in [6.07, 6.45) is -0.405. The van der Waals surface area contributed by atoms with Crippen LogP contribution in [0.15, 0.2) is 18.2 Å². The third-order valence-electron chi connectivity index (χ3n) is 4.74. The Bertz CT molecular complexity index is 641. The number of rotatable bonds is 3. The summed E-state index contributed by atoms with van der Waals surface area (Å²) in [7, 11) is 1.60. The third kappa shape index (κ3) is 4.47. The van der Waals surface area contributed by atoms with Crippen LogP contribution in [0.3, 0.4) is 0 Å². The molecule has 2 fully saturated rings. The van der Waals surface area contributed by atoms with Crippen LogP contribution < -0.4 is 10.1 Å². The molecule has 144 valence electrons. The molecule has 1 aromatic rings. The third-order valence-corrected chi connectivity index (χ3v) is 4.74. The fourth-order valence-electron chi connectivity index (χ4n) is 3.19. The molecular weight excluding hydrogens is 358 g/mol. The molecule has 0 saturated carbocycles. The second-order valence-electron chi connectivity index (χ2n) is 6.37. The van der Waals surface area contributed by atoms with Crippen molar-refractivity contribution in [1.29, 1.82) is 0 Å². The summed E-state index contributed by atoms with van der Waals surface area (Å²) >= 11 is 0. The molecule has 2 aliphatic heterocycles. The maximum atomic E-state index is 12.7. The quantitative estimate of drug-likeness (QED) is 0.832. The first kappa shape index (κ1) is 20.5. The van der Waals surface area contributed by atoms with Crippen LogP contribution in [0.4, 0.5) is 0 Å². The first-order chi connectivity index (χ1) is 12.1. The largest absolute Gasteiger partial charge is 0.496 e. The summed E-state index contributed by atoms with van der Waals surface area (Å²) in [4.78, 5) is 28.7. The highest BCUT2D eigenvalue weighted by molar-refractivity contribution is 5.95. The molecule has 1 unspecified atom stereocenters. The van der Waals surface area contributed by atoms with E-state index in [2.05, 4.69) is 5.32 Å². The highest BCUT2D eigenvalue weighted by Gasteiger charge is 2.30. The van der Waals surface area contributed by atoms with E-state index < -0.39 is 6.10 Å². The van der Waals surface area contributed by atoms with Gasteiger partial charge in [-0.3, -0.25) is 9.59 Å². The first-order valence-electron chi connectivity index (χ1n) is 8.65. The van der Waals surface area contributed by atoms with Gasteiger partial charge < -0.3 is 24.6 Å². The van der Waals surface area contributed by atoms with Crippen LogP contribution in [0.25, 0.3) is 0 Å². The summed E-state index contributed by atoms with van der Waals surface area (Å²) in [5, 5.41) is 3.17. The van der Waals surface area contributed by atoms with Crippen molar-refractivity contribution < 1.29 is 19.1 Å². The average molecular weight is 384 g/mol. The van der Waals surface area contributed by atoms with E-state index >= 15 is 0 Å². The lowest BCUT2D eigenvalue weighted by Gasteiger charge is -2.37. The molecule has 1 atom stereocenters. The molecule has 3 rings (SSSR count). The minimum atomic E-state index is -0.405. The first-order valence-corrected chi connectivity index (χ1v) is 8.65. The Kier molecular flexibility index (Phi) is 7.25. The number of amides is 2. The molecule has 7 nitrogen and oxygen atoms in total. The minimum absolute atomic E-state index is 0. The molecule has 0 aliphatic carbocycles. The molecule has 2 heterocycles. The van der Waals surface area contributed by atoms with Crippen molar-refractivity contribution in [3.05, 3.63) is 29.3 Å². The number of carbonyl (C=O) groups is 2. The van der Waals surface area contributed by atoms with Crippen LogP contribution in [-0.4, -0.2) is 80.7 Å². The van der Waals surface area contributed by atoms with E-state index in [1.54, 1.807) is 23.0 Å². The molecule has 8 heteroatoms. The predicted molar refractivity (Wildman–Crippen MR) is 100 cm³/mol. The van der Waals surface area contributed by atoms with Crippen molar-refractivity contribution >= 4 is 24.2 Å². The number of aryl methyl sites for hydroxylation is 1. The molecular formula is C18H26ClN3O4. The Morgan fingerprint density at radius 1 is 1.19 bits per heavy atom. The number of piperazine rings is 1. The summed E-state index contributed by atoms with van der Waals surface area (Å²) in [6.45, 7) is 5.97. The van der Waals surface area contributed by atoms with Crippen LogP contribution in [0.5, 0.6) is 5.75 Å². The van der Waals surface area contributed by atoms with Gasteiger partial charge in [-0.1, -0.05) is 6.07 Å². The maximum Gasteiger partial charge on any atom is 0.254 e. The molecule has 1 N–H and O–H groups in total. The Morgan fingerprint density at radius 3 is 2.50 bits per heavy atom. The fraction of sp³-hybridized carbons (Fsp3) is 0.556. The second-order valence-corrected chi connectivity index (χ2v) is 6.37. The highest BCUT2D eigenvalue weighted by Crippen LogP contribution is 2.20. The van der Waals surface area contributed by atoms with Crippen LogP contribution in [0.1, 0.15) is 15.9 Å². The van der Waals surface area contributed by atoms with E-state index in [-0.39, 0.29) is 24.2 Å². The number of hydrogen-bond donors (Lipinski definition) is 1. The highest BCUT2D eigenvalue weighted by atomic mass is 35.5. The molecule has 2 amide bonds. The standard InChI is InChI=1S/C18H25N3O4.ClH/c1-13-3-4-14(11-15(13)24-2)17(22)20-6-8-21(9-7-20)18(23)16-12-19-5-10-25-16;/h3-4,11,16,19H,5-10,12H2,1-2H3;1H. The van der Waals surface area contributed by atoms with Gasteiger partial charge in [-0.2, -0.15) is 0 Å². The van der Waals surface area contributed by atoms with Crippen LogP contribution in [0, 0.1) is 6.92 Å². The van der Waals surface area contributed by atoms with Crippen molar-refractivity contribution in [3.63, 3.8) is 0 Å². The lowest BCUT2D eigenvalue weighted by molar-refractivity contribution is -0.146. The lowest BCUT2D eigenvalue weighted by Crippen LogP contribution is -2.56. The zero-order chi connectivity index (χ0) is 17.8. The van der Waals surface area contributed by atoms with Crippen LogP contribution in [0.2, 0.25) is 0 Å². The van der Waals surface area contributed by atoms with Gasteiger partial charge in [0.25, 0.3) is 11.8 Å². The Hall–Kier alpha value is -1.83. The molecule has 0 bridgehead atoms. The topological polar surface area (TPSA) is 71.1 Å². The second kappa shape index (κ2) is 9.21. The van der Waals surface area contributed by atoms with E-state index in [1.807, 2.05) is 19.1 Å². The van der Waals surface area contributed by atoms with Crippen LogP contribution in [-0.2, 0) is 9.53 Å². The summed E-state index contributed by atoms with van der Waals surface area (Å²) < 4.78 is 10.8. The van der Waals surface area contributed by atoms with Crippen molar-refractivity contribution in [2.75, 3.05) is 53.0 Å². The number of benzene rings is 1. The summed E-state index contributed by atoms with van der Waals surface area (Å²) in [5.74, 6) is 0.693. The van der Waals surface area contributed by atoms with E-state index in [0.29, 0.717) is 50.6 Å². The van der Waals surface area contributed by atoms with E-state index in [1.165, 1.54) is 0 Å². The van der Waals surface area contributed by atoms with Gasteiger partial charge >= 0.3 is 0 Å². The Balaban J connectivity index is 0.00000243. The molecule has 0 aromatic heterocycles. The number of halogens is 1. The predicted octanol–water partition coefficient (Wildman–Crippen LogP) is 0.698. The van der Waals surface area contributed by atoms with Gasteiger partial charge in [0.2, 0.25) is 0 Å². The number of ether oxygens (including phenoxy) is 2. The summed E-state index contributed by atoms with van der Waals surface area (Å²) in [5.41, 5.74) is 1.61. The summed E-state index contributed by atoms with van der Waals surface area (Å²) in [6, 6.07) is 5.48. The van der Waals surface area contributed by atoms with Crippen LogP contribution >= 0.6 is 12.4 Å². The Labute approximate surface area is 160 Å². The zero-order valence-corrected chi connectivity index (χ0v) is 16.0. The maximum absolute atomic E-state index is 12.7. The van der Waals surface area contributed by atoms with E-state index in [4.69, 9.17) is 9.47 Å². The number of methoxy groups -OCH3 is 1. The smallest absolute Gasteiger partial charge is 0.254 e. The number of nitrogens with one attached hydrogen (secondary N) is 1. The Morgan fingerprint density at radius 2 is 1.88 bits per heavy atom. The number of carbonyl (C=O) groups excluding carboxylic acids is 2. The SMILES string of the molecule is COc1cc(C(=O)N2CCN(C(=O)C3CNCCO3)CC2)ccc1C.Cl. The van der Waals surface area contributed by atoms with Gasteiger partial charge in [-0.05, 0) is 24.6 Å². The lowest BCUT2D eigenvalue weighted by atomic mass is 10.1. The monoisotopic (exact) mass is 383 g/mol. The normalized spacial score (nSPS) is 20.3. The molecule has 0 spiro atoms. The number of hydrogen-bond acceptors (Lipinski definition) is 5. The number of morpholine rings is 1. The number of nitrogens with zero attached hydrogens (tertiary/aromatic N) is 2. The minimum Gasteiger partial charge on any atom is -0.496 e. The molecule has 2 aliphatic rings. The zero-order valence-electron chi connectivity index (χ0n) is 15.2. The molecule has 0 radical (unpaired) electrons. The van der Waals surface area contributed by atoms with Crippen molar-refractivity contribution in [3.8, 4) is 5.75 Å². The van der Waals surface area contributed by atoms with E-state index in [9.17, 15) is 9.59 Å². The average Bonchev–Trinajstić information content (AvgIpc) is 2.68. The van der Waals surface area contributed by atoms with Crippen molar-refractivity contribution in [1.82, 2.24) is 15.1 Å². The van der Waals surface area contributed by atoms with Gasteiger partial charge in [0.15, 0.2) is 0 Å².